The summed E-state index contributed by atoms with van der Waals surface area (Å²) in [6.07, 6.45) is 1.04. The van der Waals surface area contributed by atoms with Crippen molar-refractivity contribution in [3.8, 4) is 0 Å². The van der Waals surface area contributed by atoms with Gasteiger partial charge >= 0.3 is 0 Å². The molecule has 16 heavy (non-hydrogen) atoms. The smallest absolute Gasteiger partial charge is 0.0477 e. The fourth-order valence-corrected chi connectivity index (χ4v) is 1.73. The standard InChI is InChI=1S/C13H20ClNO/c1-3-16-9-5-8-15-11(2)12-6-4-7-13(14)10-12/h4,6-7,10-11,15H,3,5,8-9H2,1-2H3/t11-/m1/s1. The van der Waals surface area contributed by atoms with Gasteiger partial charge in [-0.2, -0.15) is 0 Å². The molecule has 2 nitrogen and oxygen atoms in total. The third-order valence-electron chi connectivity index (χ3n) is 2.47. The van der Waals surface area contributed by atoms with Crippen LogP contribution >= 0.6 is 11.6 Å². The minimum atomic E-state index is 0.334. The quantitative estimate of drug-likeness (QED) is 0.739. The summed E-state index contributed by atoms with van der Waals surface area (Å²) in [5, 5.41) is 4.24. The van der Waals surface area contributed by atoms with Gasteiger partial charge in [0.2, 0.25) is 0 Å². The predicted octanol–water partition coefficient (Wildman–Crippen LogP) is 3.42. The second-order valence-electron chi connectivity index (χ2n) is 3.78. The summed E-state index contributed by atoms with van der Waals surface area (Å²) in [5.74, 6) is 0. The number of rotatable bonds is 7. The van der Waals surface area contributed by atoms with Gasteiger partial charge in [-0.05, 0) is 44.5 Å². The number of ether oxygens (including phenoxy) is 1. The van der Waals surface area contributed by atoms with E-state index in [4.69, 9.17) is 16.3 Å². The molecule has 1 aromatic carbocycles. The summed E-state index contributed by atoms with van der Waals surface area (Å²) in [7, 11) is 0. The fraction of sp³-hybridized carbons (Fsp3) is 0.538. The molecule has 0 saturated carbocycles. The van der Waals surface area contributed by atoms with Crippen LogP contribution in [0.25, 0.3) is 0 Å². The van der Waals surface area contributed by atoms with Gasteiger partial charge in [0.15, 0.2) is 0 Å². The van der Waals surface area contributed by atoms with Crippen molar-refractivity contribution >= 4 is 11.6 Å². The molecule has 0 aliphatic heterocycles. The van der Waals surface area contributed by atoms with Gasteiger partial charge in [-0.1, -0.05) is 23.7 Å². The van der Waals surface area contributed by atoms with Gasteiger partial charge in [0.25, 0.3) is 0 Å². The molecular weight excluding hydrogens is 222 g/mol. The lowest BCUT2D eigenvalue weighted by Gasteiger charge is -2.14. The highest BCUT2D eigenvalue weighted by atomic mass is 35.5. The summed E-state index contributed by atoms with van der Waals surface area (Å²) >= 11 is 5.94. The van der Waals surface area contributed by atoms with Gasteiger partial charge in [0.1, 0.15) is 0 Å². The van der Waals surface area contributed by atoms with Crippen LogP contribution in [0.2, 0.25) is 5.02 Å². The second kappa shape index (κ2) is 7.66. The molecule has 0 aliphatic rings. The second-order valence-corrected chi connectivity index (χ2v) is 4.22. The highest BCUT2D eigenvalue weighted by molar-refractivity contribution is 6.30. The van der Waals surface area contributed by atoms with Crippen LogP contribution in [0.15, 0.2) is 24.3 Å². The van der Waals surface area contributed by atoms with Crippen LogP contribution in [-0.4, -0.2) is 19.8 Å². The normalized spacial score (nSPS) is 12.7. The van der Waals surface area contributed by atoms with Crippen molar-refractivity contribution in [2.45, 2.75) is 26.3 Å². The van der Waals surface area contributed by atoms with Crippen LogP contribution in [0.5, 0.6) is 0 Å². The van der Waals surface area contributed by atoms with Gasteiger partial charge in [0.05, 0.1) is 0 Å². The minimum absolute atomic E-state index is 0.334. The Morgan fingerprint density at radius 3 is 2.94 bits per heavy atom. The molecule has 0 saturated heterocycles. The Labute approximate surface area is 103 Å². The topological polar surface area (TPSA) is 21.3 Å². The first-order valence-corrected chi connectivity index (χ1v) is 6.18. The van der Waals surface area contributed by atoms with Crippen molar-refractivity contribution in [1.29, 1.82) is 0 Å². The van der Waals surface area contributed by atoms with E-state index in [-0.39, 0.29) is 0 Å². The first-order chi connectivity index (χ1) is 7.74. The van der Waals surface area contributed by atoms with E-state index in [1.165, 1.54) is 5.56 Å². The summed E-state index contributed by atoms with van der Waals surface area (Å²) in [6, 6.07) is 8.30. The van der Waals surface area contributed by atoms with Crippen molar-refractivity contribution in [2.24, 2.45) is 0 Å². The SMILES string of the molecule is CCOCCCN[C@H](C)c1cccc(Cl)c1. The number of nitrogens with one attached hydrogen (secondary N) is 1. The molecule has 90 valence electrons. The Balaban J connectivity index is 2.27. The molecule has 0 spiro atoms. The minimum Gasteiger partial charge on any atom is -0.382 e. The van der Waals surface area contributed by atoms with Crippen molar-refractivity contribution in [1.82, 2.24) is 5.32 Å². The average molecular weight is 242 g/mol. The largest absolute Gasteiger partial charge is 0.382 e. The Morgan fingerprint density at radius 1 is 1.44 bits per heavy atom. The van der Waals surface area contributed by atoms with Crippen molar-refractivity contribution in [2.75, 3.05) is 19.8 Å². The molecule has 0 aromatic heterocycles. The zero-order chi connectivity index (χ0) is 11.8. The molecule has 1 N–H and O–H groups in total. The van der Waals surface area contributed by atoms with Crippen molar-refractivity contribution in [3.63, 3.8) is 0 Å². The highest BCUT2D eigenvalue weighted by Crippen LogP contribution is 2.16. The molecule has 3 heteroatoms. The Bertz CT molecular complexity index is 304. The van der Waals surface area contributed by atoms with Crippen molar-refractivity contribution < 1.29 is 4.74 Å². The molecule has 0 fully saturated rings. The van der Waals surface area contributed by atoms with Crippen LogP contribution in [0.3, 0.4) is 0 Å². The third-order valence-corrected chi connectivity index (χ3v) is 2.70. The monoisotopic (exact) mass is 241 g/mol. The summed E-state index contributed by atoms with van der Waals surface area (Å²) < 4.78 is 5.28. The van der Waals surface area contributed by atoms with Gasteiger partial charge in [-0.25, -0.2) is 0 Å². The lowest BCUT2D eigenvalue weighted by molar-refractivity contribution is 0.144. The Hall–Kier alpha value is -0.570. The molecule has 0 radical (unpaired) electrons. The Kier molecular flexibility index (Phi) is 6.46. The predicted molar refractivity (Wildman–Crippen MR) is 69.0 cm³/mol. The lowest BCUT2D eigenvalue weighted by Crippen LogP contribution is -2.20. The molecule has 0 bridgehead atoms. The molecule has 0 heterocycles. The molecule has 0 amide bonds. The summed E-state index contributed by atoms with van der Waals surface area (Å²) in [5.41, 5.74) is 1.23. The van der Waals surface area contributed by atoms with Crippen LogP contribution < -0.4 is 5.32 Å². The van der Waals surface area contributed by atoms with E-state index in [1.807, 2.05) is 25.1 Å². The first kappa shape index (κ1) is 13.5. The zero-order valence-corrected chi connectivity index (χ0v) is 10.8. The molecule has 1 aromatic rings. The highest BCUT2D eigenvalue weighted by Gasteiger charge is 2.04. The molecule has 0 aliphatic carbocycles. The van der Waals surface area contributed by atoms with Gasteiger partial charge in [0, 0.05) is 24.3 Å². The first-order valence-electron chi connectivity index (χ1n) is 5.80. The van der Waals surface area contributed by atoms with E-state index in [0.717, 1.165) is 31.2 Å². The number of halogens is 1. The maximum Gasteiger partial charge on any atom is 0.0477 e. The summed E-state index contributed by atoms with van der Waals surface area (Å²) in [4.78, 5) is 0. The maximum atomic E-state index is 5.94. The fourth-order valence-electron chi connectivity index (χ4n) is 1.53. The van der Waals surface area contributed by atoms with E-state index in [2.05, 4.69) is 18.3 Å². The number of hydrogen-bond donors (Lipinski definition) is 1. The molecule has 0 unspecified atom stereocenters. The van der Waals surface area contributed by atoms with E-state index in [0.29, 0.717) is 6.04 Å². The van der Waals surface area contributed by atoms with Crippen LogP contribution in [0.1, 0.15) is 31.9 Å². The van der Waals surface area contributed by atoms with E-state index < -0.39 is 0 Å². The Morgan fingerprint density at radius 2 is 2.25 bits per heavy atom. The lowest BCUT2D eigenvalue weighted by atomic mass is 10.1. The maximum absolute atomic E-state index is 5.94. The van der Waals surface area contributed by atoms with Gasteiger partial charge in [-0.15, -0.1) is 0 Å². The van der Waals surface area contributed by atoms with Crippen LogP contribution in [-0.2, 0) is 4.74 Å². The van der Waals surface area contributed by atoms with E-state index >= 15 is 0 Å². The van der Waals surface area contributed by atoms with E-state index in [1.54, 1.807) is 0 Å². The molecule has 1 atom stereocenters. The number of hydrogen-bond acceptors (Lipinski definition) is 2. The summed E-state index contributed by atoms with van der Waals surface area (Å²) in [6.45, 7) is 6.75. The van der Waals surface area contributed by atoms with Crippen molar-refractivity contribution in [3.05, 3.63) is 34.9 Å². The van der Waals surface area contributed by atoms with Gasteiger partial charge < -0.3 is 10.1 Å². The third kappa shape index (κ3) is 4.97. The molecular formula is C13H20ClNO. The average Bonchev–Trinajstić information content (AvgIpc) is 2.28. The zero-order valence-electron chi connectivity index (χ0n) is 10.0. The molecule has 1 rings (SSSR count). The number of benzene rings is 1. The van der Waals surface area contributed by atoms with E-state index in [9.17, 15) is 0 Å². The van der Waals surface area contributed by atoms with Crippen LogP contribution in [0, 0.1) is 0 Å². The van der Waals surface area contributed by atoms with Gasteiger partial charge in [-0.3, -0.25) is 0 Å². The van der Waals surface area contributed by atoms with Crippen LogP contribution in [0.4, 0.5) is 0 Å².